The van der Waals surface area contributed by atoms with Crippen molar-refractivity contribution in [1.82, 2.24) is 9.78 Å². The highest BCUT2D eigenvalue weighted by Crippen LogP contribution is 2.34. The summed E-state index contributed by atoms with van der Waals surface area (Å²) in [5.41, 5.74) is 1.06. The number of carboxylic acids is 1. The van der Waals surface area contributed by atoms with Crippen LogP contribution in [0.4, 0.5) is 5.82 Å². The Hall–Kier alpha value is -2.50. The first-order valence-corrected chi connectivity index (χ1v) is 6.40. The number of ether oxygens (including phenoxy) is 1. The molecule has 1 aromatic heterocycles. The highest BCUT2D eigenvalue weighted by atomic mass is 16.5. The van der Waals surface area contributed by atoms with Gasteiger partial charge in [-0.3, -0.25) is 0 Å². The van der Waals surface area contributed by atoms with Crippen LogP contribution < -0.4 is 10.1 Å². The average Bonchev–Trinajstić information content (AvgIpc) is 2.91. The molecule has 6 nitrogen and oxygen atoms in total. The largest absolute Gasteiger partial charge is 0.496 e. The van der Waals surface area contributed by atoms with Crippen LogP contribution in [0.2, 0.25) is 0 Å². The molecule has 3 rings (SSSR count). The van der Waals surface area contributed by atoms with E-state index in [4.69, 9.17) is 9.84 Å². The number of carbonyl (C=O) groups is 1. The van der Waals surface area contributed by atoms with Gasteiger partial charge >= 0.3 is 5.97 Å². The Kier molecular flexibility index (Phi) is 3.06. The Balaban J connectivity index is 2.07. The third-order valence-corrected chi connectivity index (χ3v) is 3.47. The number of rotatable bonds is 3. The van der Waals surface area contributed by atoms with Crippen LogP contribution in [0.3, 0.4) is 0 Å². The number of aromatic carboxylic acids is 1. The third-order valence-electron chi connectivity index (χ3n) is 3.47. The summed E-state index contributed by atoms with van der Waals surface area (Å²) in [6.45, 7) is 0.771. The van der Waals surface area contributed by atoms with Gasteiger partial charge in [0.1, 0.15) is 11.6 Å². The van der Waals surface area contributed by atoms with Crippen LogP contribution in [0.25, 0.3) is 0 Å². The fourth-order valence-corrected chi connectivity index (χ4v) is 2.56. The second-order valence-electron chi connectivity index (χ2n) is 4.64. The van der Waals surface area contributed by atoms with E-state index < -0.39 is 5.97 Å². The number of nitrogens with one attached hydrogen (secondary N) is 1. The van der Waals surface area contributed by atoms with Crippen LogP contribution in [0.5, 0.6) is 5.75 Å². The van der Waals surface area contributed by atoms with Crippen LogP contribution in [0.1, 0.15) is 28.5 Å². The summed E-state index contributed by atoms with van der Waals surface area (Å²) in [5.74, 6) is 0.495. The number of methoxy groups -OCH3 is 1. The summed E-state index contributed by atoms with van der Waals surface area (Å²) in [7, 11) is 1.63. The Morgan fingerprint density at radius 3 is 3.05 bits per heavy atom. The molecule has 0 bridgehead atoms. The first kappa shape index (κ1) is 12.5. The fourth-order valence-electron chi connectivity index (χ4n) is 2.56. The minimum absolute atomic E-state index is 0.0181. The van der Waals surface area contributed by atoms with Crippen molar-refractivity contribution in [1.29, 1.82) is 0 Å². The molecule has 0 saturated heterocycles. The summed E-state index contributed by atoms with van der Waals surface area (Å²) in [4.78, 5) is 11.1. The van der Waals surface area contributed by atoms with Crippen molar-refractivity contribution in [3.05, 3.63) is 41.6 Å². The SMILES string of the molecule is COc1ccccc1C1CCNc2cc(C(=O)O)nn21. The van der Waals surface area contributed by atoms with Crippen molar-refractivity contribution in [2.24, 2.45) is 0 Å². The molecule has 20 heavy (non-hydrogen) atoms. The molecule has 0 saturated carbocycles. The molecule has 1 unspecified atom stereocenters. The molecule has 2 heterocycles. The lowest BCUT2D eigenvalue weighted by Gasteiger charge is -2.27. The lowest BCUT2D eigenvalue weighted by atomic mass is 10.0. The summed E-state index contributed by atoms with van der Waals surface area (Å²) in [5, 5.41) is 16.4. The molecule has 0 fully saturated rings. The molecule has 0 spiro atoms. The molecule has 0 radical (unpaired) electrons. The molecular formula is C14H15N3O3. The summed E-state index contributed by atoms with van der Waals surface area (Å²) >= 11 is 0. The van der Waals surface area contributed by atoms with Gasteiger partial charge < -0.3 is 15.2 Å². The fraction of sp³-hybridized carbons (Fsp3) is 0.286. The van der Waals surface area contributed by atoms with Crippen LogP contribution in [-0.4, -0.2) is 34.5 Å². The van der Waals surface area contributed by atoms with E-state index in [1.165, 1.54) is 0 Å². The number of fused-ring (bicyclic) bond motifs is 1. The first-order valence-electron chi connectivity index (χ1n) is 6.40. The zero-order chi connectivity index (χ0) is 14.1. The minimum Gasteiger partial charge on any atom is -0.496 e. The molecule has 104 valence electrons. The standard InChI is InChI=1S/C14H15N3O3/c1-20-12-5-3-2-4-9(12)11-6-7-15-13-8-10(14(18)19)16-17(11)13/h2-5,8,11,15H,6-7H2,1H3,(H,18,19). The van der Waals surface area contributed by atoms with Crippen LogP contribution in [0.15, 0.2) is 30.3 Å². The number of benzene rings is 1. The van der Waals surface area contributed by atoms with Crippen LogP contribution in [0, 0.1) is 0 Å². The molecule has 1 aromatic carbocycles. The quantitative estimate of drug-likeness (QED) is 0.894. The van der Waals surface area contributed by atoms with E-state index in [1.807, 2.05) is 24.3 Å². The van der Waals surface area contributed by atoms with Gasteiger partial charge in [-0.15, -0.1) is 0 Å². The average molecular weight is 273 g/mol. The first-order chi connectivity index (χ1) is 9.70. The van der Waals surface area contributed by atoms with Crippen molar-refractivity contribution < 1.29 is 14.6 Å². The van der Waals surface area contributed by atoms with Crippen molar-refractivity contribution in [2.45, 2.75) is 12.5 Å². The van der Waals surface area contributed by atoms with Gasteiger partial charge in [0.15, 0.2) is 5.69 Å². The van der Waals surface area contributed by atoms with E-state index in [2.05, 4.69) is 10.4 Å². The van der Waals surface area contributed by atoms with E-state index in [0.717, 1.165) is 30.1 Å². The Morgan fingerprint density at radius 1 is 1.50 bits per heavy atom. The monoisotopic (exact) mass is 273 g/mol. The number of hydrogen-bond donors (Lipinski definition) is 2. The highest BCUT2D eigenvalue weighted by Gasteiger charge is 2.26. The zero-order valence-electron chi connectivity index (χ0n) is 11.0. The summed E-state index contributed by atoms with van der Waals surface area (Å²) < 4.78 is 7.12. The highest BCUT2D eigenvalue weighted by molar-refractivity contribution is 5.86. The van der Waals surface area contributed by atoms with Crippen molar-refractivity contribution in [2.75, 3.05) is 19.0 Å². The van der Waals surface area contributed by atoms with Gasteiger partial charge in [-0.05, 0) is 12.5 Å². The Bertz CT molecular complexity index is 651. The van der Waals surface area contributed by atoms with Crippen molar-refractivity contribution >= 4 is 11.8 Å². The van der Waals surface area contributed by atoms with Crippen molar-refractivity contribution in [3.63, 3.8) is 0 Å². The normalized spacial score (nSPS) is 17.1. The molecule has 1 aliphatic rings. The number of aromatic nitrogens is 2. The molecule has 1 aliphatic heterocycles. The number of hydrogen-bond acceptors (Lipinski definition) is 4. The number of nitrogens with zero attached hydrogens (tertiary/aromatic N) is 2. The molecule has 2 aromatic rings. The molecule has 2 N–H and O–H groups in total. The lowest BCUT2D eigenvalue weighted by molar-refractivity contribution is 0.0689. The Labute approximate surface area is 116 Å². The van der Waals surface area contributed by atoms with Crippen LogP contribution in [-0.2, 0) is 0 Å². The van der Waals surface area contributed by atoms with E-state index in [-0.39, 0.29) is 11.7 Å². The number of para-hydroxylation sites is 1. The summed E-state index contributed by atoms with van der Waals surface area (Å²) in [6, 6.07) is 9.29. The summed E-state index contributed by atoms with van der Waals surface area (Å²) in [6.07, 6.45) is 0.827. The molecular weight excluding hydrogens is 258 g/mol. The van der Waals surface area contributed by atoms with E-state index >= 15 is 0 Å². The van der Waals surface area contributed by atoms with Gasteiger partial charge in [0.05, 0.1) is 13.2 Å². The van der Waals surface area contributed by atoms with Gasteiger partial charge in [-0.2, -0.15) is 5.10 Å². The van der Waals surface area contributed by atoms with Crippen molar-refractivity contribution in [3.8, 4) is 5.75 Å². The maximum atomic E-state index is 11.1. The van der Waals surface area contributed by atoms with E-state index in [9.17, 15) is 4.79 Å². The van der Waals surface area contributed by atoms with E-state index in [0.29, 0.717) is 0 Å². The maximum absolute atomic E-state index is 11.1. The zero-order valence-corrected chi connectivity index (χ0v) is 11.0. The van der Waals surface area contributed by atoms with Gasteiger partial charge in [-0.1, -0.05) is 18.2 Å². The van der Waals surface area contributed by atoms with Gasteiger partial charge in [0, 0.05) is 18.2 Å². The Morgan fingerprint density at radius 2 is 2.30 bits per heavy atom. The minimum atomic E-state index is -1.02. The molecule has 0 amide bonds. The second kappa shape index (κ2) is 4.88. The predicted molar refractivity (Wildman–Crippen MR) is 73.4 cm³/mol. The smallest absolute Gasteiger partial charge is 0.356 e. The number of carboxylic acid groups (broad SMARTS) is 1. The topological polar surface area (TPSA) is 76.4 Å². The van der Waals surface area contributed by atoms with Crippen LogP contribution >= 0.6 is 0 Å². The van der Waals surface area contributed by atoms with Gasteiger partial charge in [0.25, 0.3) is 0 Å². The van der Waals surface area contributed by atoms with E-state index in [1.54, 1.807) is 17.9 Å². The second-order valence-corrected chi connectivity index (χ2v) is 4.64. The third kappa shape index (κ3) is 1.99. The van der Waals surface area contributed by atoms with Gasteiger partial charge in [-0.25, -0.2) is 9.48 Å². The maximum Gasteiger partial charge on any atom is 0.356 e. The van der Waals surface area contributed by atoms with Gasteiger partial charge in [0.2, 0.25) is 0 Å². The molecule has 1 atom stereocenters. The predicted octanol–water partition coefficient (Wildman–Crippen LogP) is 1.99. The number of anilines is 1. The lowest BCUT2D eigenvalue weighted by Crippen LogP contribution is -2.24. The molecule has 0 aliphatic carbocycles. The molecule has 6 heteroatoms.